The average molecular weight is 251 g/mol. The van der Waals surface area contributed by atoms with Gasteiger partial charge in [-0.05, 0) is 49.1 Å². The largest absolute Gasteiger partial charge is 0.310 e. The molecule has 3 rings (SSSR count). The van der Waals surface area contributed by atoms with E-state index >= 15 is 0 Å². The molecule has 2 aromatic carbocycles. The van der Waals surface area contributed by atoms with E-state index in [0.29, 0.717) is 6.04 Å². The topological polar surface area (TPSA) is 12.0 Å². The van der Waals surface area contributed by atoms with Crippen molar-refractivity contribution in [3.05, 3.63) is 59.7 Å². The summed E-state index contributed by atoms with van der Waals surface area (Å²) >= 11 is 0. The molecule has 1 aliphatic rings. The second-order valence-corrected chi connectivity index (χ2v) is 5.31. The van der Waals surface area contributed by atoms with E-state index in [1.807, 2.05) is 0 Å². The smallest absolute Gasteiger partial charge is 0.0539 e. The fourth-order valence-electron chi connectivity index (χ4n) is 3.17. The van der Waals surface area contributed by atoms with E-state index in [-0.39, 0.29) is 0 Å². The van der Waals surface area contributed by atoms with Gasteiger partial charge >= 0.3 is 0 Å². The number of hydrogen-bond acceptors (Lipinski definition) is 1. The molecule has 0 spiro atoms. The summed E-state index contributed by atoms with van der Waals surface area (Å²) in [4.78, 5) is 0. The van der Waals surface area contributed by atoms with Crippen molar-refractivity contribution in [1.29, 1.82) is 0 Å². The zero-order valence-electron chi connectivity index (χ0n) is 11.5. The Morgan fingerprint density at radius 3 is 2.63 bits per heavy atom. The lowest BCUT2D eigenvalue weighted by atomic mass is 9.88. The Labute approximate surface area is 115 Å². The van der Waals surface area contributed by atoms with E-state index in [4.69, 9.17) is 0 Å². The van der Waals surface area contributed by atoms with Crippen molar-refractivity contribution in [2.24, 2.45) is 0 Å². The first-order chi connectivity index (χ1) is 9.40. The molecule has 0 radical (unpaired) electrons. The van der Waals surface area contributed by atoms with E-state index in [0.717, 1.165) is 0 Å². The molecule has 98 valence electrons. The van der Waals surface area contributed by atoms with Gasteiger partial charge in [-0.15, -0.1) is 0 Å². The molecular weight excluding hydrogens is 230 g/mol. The number of nitrogens with one attached hydrogen (secondary N) is 1. The van der Waals surface area contributed by atoms with Crippen LogP contribution in [0.25, 0.3) is 10.8 Å². The van der Waals surface area contributed by atoms with Gasteiger partial charge in [0.05, 0.1) is 6.04 Å². The molecule has 0 aromatic heterocycles. The zero-order chi connectivity index (χ0) is 13.1. The monoisotopic (exact) mass is 251 g/mol. The van der Waals surface area contributed by atoms with Crippen molar-refractivity contribution in [3.8, 4) is 0 Å². The number of rotatable bonds is 3. The van der Waals surface area contributed by atoms with Crippen LogP contribution in [0.5, 0.6) is 0 Å². The highest BCUT2D eigenvalue weighted by Crippen LogP contribution is 2.33. The van der Waals surface area contributed by atoms with Gasteiger partial charge in [0.1, 0.15) is 0 Å². The van der Waals surface area contributed by atoms with Crippen LogP contribution in [-0.2, 0) is 0 Å². The second-order valence-electron chi connectivity index (χ2n) is 5.31. The molecule has 2 aromatic rings. The lowest BCUT2D eigenvalue weighted by molar-refractivity contribution is 0.596. The van der Waals surface area contributed by atoms with Gasteiger partial charge in [-0.1, -0.05) is 54.1 Å². The van der Waals surface area contributed by atoms with Crippen LogP contribution in [0.4, 0.5) is 0 Å². The third kappa shape index (κ3) is 2.43. The molecule has 1 heteroatoms. The summed E-state index contributed by atoms with van der Waals surface area (Å²) in [6, 6.07) is 15.7. The van der Waals surface area contributed by atoms with Crippen LogP contribution in [0.2, 0.25) is 0 Å². The highest BCUT2D eigenvalue weighted by molar-refractivity contribution is 5.86. The van der Waals surface area contributed by atoms with E-state index in [1.165, 1.54) is 42.0 Å². The van der Waals surface area contributed by atoms with E-state index in [2.05, 4.69) is 60.9 Å². The van der Waals surface area contributed by atoms with Crippen molar-refractivity contribution in [1.82, 2.24) is 5.32 Å². The van der Waals surface area contributed by atoms with Crippen LogP contribution in [0.1, 0.15) is 37.3 Å². The maximum atomic E-state index is 3.51. The second kappa shape index (κ2) is 5.58. The summed E-state index contributed by atoms with van der Waals surface area (Å²) in [6.45, 7) is 0. The number of likely N-dealkylation sites (N-methyl/N-ethyl adjacent to an activating group) is 1. The quantitative estimate of drug-likeness (QED) is 0.786. The SMILES string of the molecule is CNC(C1=CCCCC1)c1cccc2ccccc12. The van der Waals surface area contributed by atoms with Crippen molar-refractivity contribution >= 4 is 10.8 Å². The molecule has 0 fully saturated rings. The predicted octanol–water partition coefficient (Wildman–Crippen LogP) is 4.60. The minimum atomic E-state index is 0.367. The van der Waals surface area contributed by atoms with Crippen molar-refractivity contribution in [3.63, 3.8) is 0 Å². The molecule has 0 saturated heterocycles. The Balaban J connectivity index is 2.08. The first kappa shape index (κ1) is 12.4. The van der Waals surface area contributed by atoms with Crippen LogP contribution in [0.15, 0.2) is 54.1 Å². The first-order valence-electron chi connectivity index (χ1n) is 7.24. The summed E-state index contributed by atoms with van der Waals surface area (Å²) in [7, 11) is 2.07. The Hall–Kier alpha value is -1.60. The standard InChI is InChI=1S/C18H21N/c1-19-18(15-9-3-2-4-10-15)17-13-7-11-14-8-5-6-12-16(14)17/h5-9,11-13,18-19H,2-4,10H2,1H3. The molecule has 1 aliphatic carbocycles. The summed E-state index contributed by atoms with van der Waals surface area (Å²) in [5.41, 5.74) is 2.97. The van der Waals surface area contributed by atoms with Gasteiger partial charge in [0.15, 0.2) is 0 Å². The number of fused-ring (bicyclic) bond motifs is 1. The molecule has 19 heavy (non-hydrogen) atoms. The van der Waals surface area contributed by atoms with Gasteiger partial charge in [-0.25, -0.2) is 0 Å². The van der Waals surface area contributed by atoms with Gasteiger partial charge in [0.25, 0.3) is 0 Å². The molecule has 0 saturated carbocycles. The first-order valence-corrected chi connectivity index (χ1v) is 7.24. The molecule has 0 aliphatic heterocycles. The fourth-order valence-corrected chi connectivity index (χ4v) is 3.17. The van der Waals surface area contributed by atoms with Gasteiger partial charge in [0.2, 0.25) is 0 Å². The van der Waals surface area contributed by atoms with E-state index in [1.54, 1.807) is 5.57 Å². The minimum absolute atomic E-state index is 0.367. The maximum Gasteiger partial charge on any atom is 0.0539 e. The van der Waals surface area contributed by atoms with E-state index in [9.17, 15) is 0 Å². The third-order valence-electron chi connectivity index (χ3n) is 4.12. The van der Waals surface area contributed by atoms with Crippen molar-refractivity contribution in [2.75, 3.05) is 7.05 Å². The van der Waals surface area contributed by atoms with Crippen LogP contribution < -0.4 is 5.32 Å². The number of allylic oxidation sites excluding steroid dienone is 1. The van der Waals surface area contributed by atoms with E-state index < -0.39 is 0 Å². The minimum Gasteiger partial charge on any atom is -0.310 e. The van der Waals surface area contributed by atoms with Crippen LogP contribution in [0.3, 0.4) is 0 Å². The molecule has 1 unspecified atom stereocenters. The Morgan fingerprint density at radius 2 is 1.84 bits per heavy atom. The third-order valence-corrected chi connectivity index (χ3v) is 4.12. The summed E-state index contributed by atoms with van der Waals surface area (Å²) < 4.78 is 0. The molecule has 1 nitrogen and oxygen atoms in total. The molecule has 1 N–H and O–H groups in total. The summed E-state index contributed by atoms with van der Waals surface area (Å²) in [5, 5.41) is 6.21. The summed E-state index contributed by atoms with van der Waals surface area (Å²) in [5.74, 6) is 0. The zero-order valence-corrected chi connectivity index (χ0v) is 11.5. The highest BCUT2D eigenvalue weighted by Gasteiger charge is 2.18. The lowest BCUT2D eigenvalue weighted by Crippen LogP contribution is -2.20. The van der Waals surface area contributed by atoms with Gasteiger partial charge in [-0.2, -0.15) is 0 Å². The summed E-state index contributed by atoms with van der Waals surface area (Å²) in [6.07, 6.45) is 7.57. The maximum absolute atomic E-state index is 3.51. The average Bonchev–Trinajstić information content (AvgIpc) is 2.49. The predicted molar refractivity (Wildman–Crippen MR) is 82.3 cm³/mol. The van der Waals surface area contributed by atoms with Crippen LogP contribution >= 0.6 is 0 Å². The van der Waals surface area contributed by atoms with Crippen molar-refractivity contribution in [2.45, 2.75) is 31.7 Å². The Kier molecular flexibility index (Phi) is 3.65. The van der Waals surface area contributed by atoms with Crippen LogP contribution in [-0.4, -0.2) is 7.05 Å². The van der Waals surface area contributed by atoms with Gasteiger partial charge in [-0.3, -0.25) is 0 Å². The fraction of sp³-hybridized carbons (Fsp3) is 0.333. The number of hydrogen-bond donors (Lipinski definition) is 1. The van der Waals surface area contributed by atoms with Gasteiger partial charge in [0, 0.05) is 0 Å². The molecular formula is C18H21N. The molecule has 0 bridgehead atoms. The van der Waals surface area contributed by atoms with Crippen molar-refractivity contribution < 1.29 is 0 Å². The highest BCUT2D eigenvalue weighted by atomic mass is 14.9. The lowest BCUT2D eigenvalue weighted by Gasteiger charge is -2.24. The normalized spacial score (nSPS) is 17.2. The molecule has 1 atom stereocenters. The Morgan fingerprint density at radius 1 is 1.00 bits per heavy atom. The van der Waals surface area contributed by atoms with Crippen LogP contribution in [0, 0.1) is 0 Å². The van der Waals surface area contributed by atoms with Gasteiger partial charge < -0.3 is 5.32 Å². The number of benzene rings is 2. The Bertz CT molecular complexity index is 592. The molecule has 0 heterocycles. The molecule has 0 amide bonds.